The third-order valence-corrected chi connectivity index (χ3v) is 7.62. The van der Waals surface area contributed by atoms with Crippen molar-refractivity contribution in [2.24, 2.45) is 18.9 Å². The van der Waals surface area contributed by atoms with Crippen molar-refractivity contribution in [1.82, 2.24) is 23.7 Å². The van der Waals surface area contributed by atoms with Crippen LogP contribution in [0.1, 0.15) is 45.0 Å². The molecule has 0 saturated carbocycles. The summed E-state index contributed by atoms with van der Waals surface area (Å²) < 4.78 is 9.45. The first kappa shape index (κ1) is 29.3. The van der Waals surface area contributed by atoms with Crippen LogP contribution in [0, 0.1) is 11.8 Å². The predicted molar refractivity (Wildman–Crippen MR) is 158 cm³/mol. The van der Waals surface area contributed by atoms with E-state index >= 15 is 0 Å². The van der Waals surface area contributed by atoms with Crippen molar-refractivity contribution in [3.05, 3.63) is 68.4 Å². The number of carbonyl (C=O) groups is 2. The number of allylic oxidation sites excluding steroid dienone is 2. The second-order valence-corrected chi connectivity index (χ2v) is 12.3. The summed E-state index contributed by atoms with van der Waals surface area (Å²) in [6.07, 6.45) is 1.29. The van der Waals surface area contributed by atoms with Crippen LogP contribution in [0.15, 0.2) is 51.6 Å². The van der Waals surface area contributed by atoms with Gasteiger partial charge in [-0.2, -0.15) is 4.98 Å². The standard InChI is InChI=1S/C30H38N6O6/c1-19(2)12-13-35-24-25(32(6)28(39)36(26(24)38)18-23(37)20-10-8-7-9-11-20)31-27(35)33-14-21-16-34(17-22(21)15-33)42-29(40)41-30(3,4)5/h7-12,21-22H,13-18H2,1-6H3. The van der Waals surface area contributed by atoms with Gasteiger partial charge < -0.3 is 19.0 Å². The van der Waals surface area contributed by atoms with Crippen molar-refractivity contribution in [3.63, 3.8) is 0 Å². The van der Waals surface area contributed by atoms with E-state index < -0.39 is 23.0 Å². The van der Waals surface area contributed by atoms with Gasteiger partial charge in [-0.3, -0.25) is 18.7 Å². The Morgan fingerprint density at radius 2 is 1.64 bits per heavy atom. The summed E-state index contributed by atoms with van der Waals surface area (Å²) in [7, 11) is 1.57. The van der Waals surface area contributed by atoms with Crippen LogP contribution in [0.3, 0.4) is 0 Å². The van der Waals surface area contributed by atoms with E-state index in [1.807, 2.05) is 24.5 Å². The molecule has 42 heavy (non-hydrogen) atoms. The Bertz CT molecular complexity index is 1640. The number of aryl methyl sites for hydroxylation is 1. The molecule has 0 aliphatic carbocycles. The molecule has 2 aromatic heterocycles. The van der Waals surface area contributed by atoms with Gasteiger partial charge in [0.25, 0.3) is 5.56 Å². The SMILES string of the molecule is CC(C)=CCn1c(N2CC3CN(OC(=O)OC(C)(C)C)CC3C2)nc2c1c(=O)n(CC(=O)c1ccccc1)c(=O)n2C. The first-order valence-corrected chi connectivity index (χ1v) is 14.1. The average Bonchev–Trinajstić information content (AvgIpc) is 3.59. The maximum Gasteiger partial charge on any atom is 0.528 e. The molecule has 2 unspecified atom stereocenters. The zero-order valence-electron chi connectivity index (χ0n) is 25.0. The third kappa shape index (κ3) is 5.89. The molecule has 12 nitrogen and oxygen atoms in total. The molecule has 2 saturated heterocycles. The molecule has 1 aromatic carbocycles. The van der Waals surface area contributed by atoms with Crippen LogP contribution < -0.4 is 16.1 Å². The zero-order valence-corrected chi connectivity index (χ0v) is 25.0. The number of rotatable bonds is 7. The van der Waals surface area contributed by atoms with E-state index in [0.717, 1.165) is 10.1 Å². The number of hydroxylamine groups is 2. The number of imidazole rings is 1. The van der Waals surface area contributed by atoms with Gasteiger partial charge in [-0.25, -0.2) is 9.59 Å². The van der Waals surface area contributed by atoms with E-state index in [1.165, 1.54) is 4.57 Å². The molecule has 224 valence electrons. The summed E-state index contributed by atoms with van der Waals surface area (Å²) in [5.41, 5.74) is 0.272. The second-order valence-electron chi connectivity index (χ2n) is 12.3. The fraction of sp³-hybridized carbons (Fsp3) is 0.500. The van der Waals surface area contributed by atoms with Crippen molar-refractivity contribution in [3.8, 4) is 0 Å². The van der Waals surface area contributed by atoms with Crippen molar-refractivity contribution in [2.45, 2.75) is 53.3 Å². The number of aromatic nitrogens is 4. The van der Waals surface area contributed by atoms with Crippen LogP contribution in [0.5, 0.6) is 0 Å². The van der Waals surface area contributed by atoms with E-state index in [4.69, 9.17) is 14.6 Å². The minimum absolute atomic E-state index is 0.216. The Labute approximate surface area is 243 Å². The van der Waals surface area contributed by atoms with Crippen molar-refractivity contribution in [1.29, 1.82) is 0 Å². The lowest BCUT2D eigenvalue weighted by Crippen LogP contribution is -2.41. The van der Waals surface area contributed by atoms with Crippen molar-refractivity contribution >= 4 is 29.1 Å². The maximum absolute atomic E-state index is 13.8. The number of ketones is 1. The Kier molecular flexibility index (Phi) is 7.84. The van der Waals surface area contributed by atoms with Crippen LogP contribution in [0.25, 0.3) is 11.2 Å². The monoisotopic (exact) mass is 578 g/mol. The number of carbonyl (C=O) groups excluding carboxylic acids is 2. The Morgan fingerprint density at radius 3 is 2.24 bits per heavy atom. The van der Waals surface area contributed by atoms with Crippen LogP contribution >= 0.6 is 0 Å². The Hall–Kier alpha value is -4.19. The molecule has 2 aliphatic rings. The van der Waals surface area contributed by atoms with E-state index in [9.17, 15) is 19.2 Å². The van der Waals surface area contributed by atoms with E-state index in [0.29, 0.717) is 44.2 Å². The highest BCUT2D eigenvalue weighted by atomic mass is 16.8. The third-order valence-electron chi connectivity index (χ3n) is 7.62. The van der Waals surface area contributed by atoms with Gasteiger partial charge in [0.15, 0.2) is 16.9 Å². The van der Waals surface area contributed by atoms with E-state index in [1.54, 1.807) is 63.2 Å². The number of nitrogens with zero attached hydrogens (tertiary/aromatic N) is 6. The number of Topliss-reactive ketones (excluding diaryl/α,β-unsaturated/α-hetero) is 1. The number of hydrogen-bond acceptors (Lipinski definition) is 9. The van der Waals surface area contributed by atoms with Gasteiger partial charge in [0, 0.05) is 45.3 Å². The summed E-state index contributed by atoms with van der Waals surface area (Å²) >= 11 is 0. The molecule has 2 aliphatic heterocycles. The number of fused-ring (bicyclic) bond motifs is 2. The first-order chi connectivity index (χ1) is 19.8. The summed E-state index contributed by atoms with van der Waals surface area (Å²) in [5, 5.41) is 1.65. The quantitative estimate of drug-likeness (QED) is 0.237. The van der Waals surface area contributed by atoms with Gasteiger partial charge in [-0.1, -0.05) is 42.0 Å². The second kappa shape index (κ2) is 11.2. The lowest BCUT2D eigenvalue weighted by Gasteiger charge is -2.24. The molecule has 12 heteroatoms. The number of benzene rings is 1. The normalized spacial score (nSPS) is 18.8. The minimum Gasteiger partial charge on any atom is -0.427 e. The maximum atomic E-state index is 13.8. The van der Waals surface area contributed by atoms with Crippen LogP contribution in [-0.4, -0.2) is 67.5 Å². The Balaban J connectivity index is 1.45. The average molecular weight is 579 g/mol. The van der Waals surface area contributed by atoms with Crippen molar-refractivity contribution in [2.75, 3.05) is 31.1 Å². The molecule has 0 amide bonds. The predicted octanol–water partition coefficient (Wildman–Crippen LogP) is 2.98. The highest BCUT2D eigenvalue weighted by molar-refractivity contribution is 5.96. The molecule has 0 spiro atoms. The van der Waals surface area contributed by atoms with Gasteiger partial charge >= 0.3 is 11.8 Å². The van der Waals surface area contributed by atoms with Crippen molar-refractivity contribution < 1.29 is 19.2 Å². The molecule has 0 radical (unpaired) electrons. The minimum atomic E-state index is -0.717. The van der Waals surface area contributed by atoms with Gasteiger partial charge in [-0.05, 0) is 46.5 Å². The first-order valence-electron chi connectivity index (χ1n) is 14.1. The molecule has 2 fully saturated rings. The smallest absolute Gasteiger partial charge is 0.427 e. The van der Waals surface area contributed by atoms with Gasteiger partial charge in [0.05, 0.1) is 6.54 Å². The Morgan fingerprint density at radius 1 is 1.00 bits per heavy atom. The van der Waals surface area contributed by atoms with E-state index in [-0.39, 0.29) is 35.3 Å². The van der Waals surface area contributed by atoms with Crippen LogP contribution in [-0.2, 0) is 29.7 Å². The lowest BCUT2D eigenvalue weighted by molar-refractivity contribution is -0.133. The molecule has 5 rings (SSSR count). The number of hydrogen-bond donors (Lipinski definition) is 0. The summed E-state index contributed by atoms with van der Waals surface area (Å²) in [6, 6.07) is 8.61. The van der Waals surface area contributed by atoms with Crippen LogP contribution in [0.2, 0.25) is 0 Å². The van der Waals surface area contributed by atoms with Gasteiger partial charge in [0.2, 0.25) is 5.95 Å². The van der Waals surface area contributed by atoms with Gasteiger partial charge in [0.1, 0.15) is 5.60 Å². The van der Waals surface area contributed by atoms with Crippen LogP contribution in [0.4, 0.5) is 10.7 Å². The largest absolute Gasteiger partial charge is 0.528 e. The topological polar surface area (TPSA) is 121 Å². The number of anilines is 1. The summed E-state index contributed by atoms with van der Waals surface area (Å²) in [4.78, 5) is 64.6. The molecule has 0 N–H and O–H groups in total. The fourth-order valence-electron chi connectivity index (χ4n) is 5.61. The fourth-order valence-corrected chi connectivity index (χ4v) is 5.61. The molecule has 2 atom stereocenters. The molecule has 0 bridgehead atoms. The molecule has 4 heterocycles. The molecular weight excluding hydrogens is 540 g/mol. The lowest BCUT2D eigenvalue weighted by atomic mass is 10.0. The summed E-state index contributed by atoms with van der Waals surface area (Å²) in [5.74, 6) is 0.701. The highest BCUT2D eigenvalue weighted by Crippen LogP contribution is 2.35. The number of ether oxygens (including phenoxy) is 1. The van der Waals surface area contributed by atoms with E-state index in [2.05, 4.69) is 4.90 Å². The summed E-state index contributed by atoms with van der Waals surface area (Å²) in [6.45, 7) is 11.7. The molecule has 3 aromatic rings. The molecular formula is C30H38N6O6. The zero-order chi connectivity index (χ0) is 30.3. The van der Waals surface area contributed by atoms with Gasteiger partial charge in [-0.15, -0.1) is 5.06 Å². The highest BCUT2D eigenvalue weighted by Gasteiger charge is 2.43.